The summed E-state index contributed by atoms with van der Waals surface area (Å²) in [5, 5.41) is 4.58. The second kappa shape index (κ2) is 9.01. The number of imidazole rings is 1. The van der Waals surface area contributed by atoms with Crippen molar-refractivity contribution < 1.29 is 17.9 Å². The molecular weight excluding hydrogens is 457 g/mol. The van der Waals surface area contributed by atoms with E-state index in [9.17, 15) is 13.2 Å². The Labute approximate surface area is 199 Å². The number of halogens is 3. The summed E-state index contributed by atoms with van der Waals surface area (Å²) in [4.78, 5) is 13.4. The molecule has 10 heteroatoms. The average molecular weight is 480 g/mol. The van der Waals surface area contributed by atoms with Gasteiger partial charge in [0.1, 0.15) is 12.2 Å². The van der Waals surface area contributed by atoms with Gasteiger partial charge in [0.05, 0.1) is 18.4 Å². The lowest BCUT2D eigenvalue weighted by molar-refractivity contribution is -0.137. The van der Waals surface area contributed by atoms with E-state index in [4.69, 9.17) is 4.74 Å². The number of pyridine rings is 1. The fraction of sp³-hybridized carbons (Fsp3) is 0.280. The van der Waals surface area contributed by atoms with Gasteiger partial charge in [0, 0.05) is 24.9 Å². The van der Waals surface area contributed by atoms with Gasteiger partial charge in [-0.25, -0.2) is 19.6 Å². The minimum absolute atomic E-state index is 0.0969. The summed E-state index contributed by atoms with van der Waals surface area (Å²) in [6.45, 7) is 2.63. The second-order valence-electron chi connectivity index (χ2n) is 8.42. The van der Waals surface area contributed by atoms with Gasteiger partial charge in [-0.2, -0.15) is 18.3 Å². The number of fused-ring (bicyclic) bond motifs is 1. The molecule has 3 aromatic heterocycles. The molecule has 0 aliphatic carbocycles. The van der Waals surface area contributed by atoms with Crippen LogP contribution in [-0.4, -0.2) is 36.4 Å². The molecule has 0 N–H and O–H groups in total. The lowest BCUT2D eigenvalue weighted by atomic mass is 9.90. The van der Waals surface area contributed by atoms with Crippen LogP contribution in [0.25, 0.3) is 18.0 Å². The summed E-state index contributed by atoms with van der Waals surface area (Å²) < 4.78 is 48.0. The highest BCUT2D eigenvalue weighted by atomic mass is 19.4. The van der Waals surface area contributed by atoms with Crippen LogP contribution in [0.2, 0.25) is 0 Å². The summed E-state index contributed by atoms with van der Waals surface area (Å²) >= 11 is 0. The third kappa shape index (κ3) is 4.68. The molecule has 1 aliphatic heterocycles. The largest absolute Gasteiger partial charge is 0.493 e. The maximum atomic E-state index is 12.9. The molecule has 180 valence electrons. The quantitative estimate of drug-likeness (QED) is 0.388. The van der Waals surface area contributed by atoms with Crippen LogP contribution in [0.1, 0.15) is 52.8 Å². The number of ether oxygens (including phenoxy) is 1. The van der Waals surface area contributed by atoms with Crippen molar-refractivity contribution in [1.29, 1.82) is 0 Å². The van der Waals surface area contributed by atoms with Crippen LogP contribution in [0.4, 0.5) is 13.2 Å². The van der Waals surface area contributed by atoms with Crippen LogP contribution >= 0.6 is 0 Å². The molecule has 0 saturated heterocycles. The molecule has 0 spiro atoms. The van der Waals surface area contributed by atoms with Crippen molar-refractivity contribution >= 4 is 12.2 Å². The summed E-state index contributed by atoms with van der Waals surface area (Å²) in [5.74, 6) is 2.44. The minimum atomic E-state index is -4.35. The van der Waals surface area contributed by atoms with E-state index in [1.807, 2.05) is 29.9 Å². The van der Waals surface area contributed by atoms with Crippen molar-refractivity contribution in [2.75, 3.05) is 7.11 Å². The molecule has 7 nitrogen and oxygen atoms in total. The summed E-state index contributed by atoms with van der Waals surface area (Å²) in [6, 6.07) is 7.19. The molecule has 0 saturated carbocycles. The van der Waals surface area contributed by atoms with Gasteiger partial charge in [-0.3, -0.25) is 4.57 Å². The van der Waals surface area contributed by atoms with Gasteiger partial charge in [-0.05, 0) is 61.2 Å². The van der Waals surface area contributed by atoms with Gasteiger partial charge in [-0.1, -0.05) is 12.1 Å². The van der Waals surface area contributed by atoms with Gasteiger partial charge in [0.2, 0.25) is 0 Å². The standard InChI is InChI=1S/C25H23F3N6O/c1-16-14-33(15-30-16)24-21(35-2)12-17(13-29-24)5-10-22-31-23-20(4-3-11-34(23)32-22)18-6-8-19(9-7-18)25(26,27)28/h5-10,12-15,20H,3-4,11H2,1-2H3. The Bertz CT molecular complexity index is 1370. The Hall–Kier alpha value is -3.95. The van der Waals surface area contributed by atoms with Crippen molar-refractivity contribution in [2.45, 2.75) is 38.4 Å². The second-order valence-corrected chi connectivity index (χ2v) is 8.42. The maximum Gasteiger partial charge on any atom is 0.416 e. The van der Waals surface area contributed by atoms with Crippen molar-refractivity contribution in [2.24, 2.45) is 0 Å². The van der Waals surface area contributed by atoms with Gasteiger partial charge >= 0.3 is 6.18 Å². The number of benzene rings is 1. The molecular formula is C25H23F3N6O. The molecule has 1 aliphatic rings. The predicted octanol–water partition coefficient (Wildman–Crippen LogP) is 5.29. The Morgan fingerprint density at radius 1 is 1.11 bits per heavy atom. The fourth-order valence-corrected chi connectivity index (χ4v) is 4.26. The Balaban J connectivity index is 1.38. The highest BCUT2D eigenvalue weighted by Gasteiger charge is 2.31. The molecule has 35 heavy (non-hydrogen) atoms. The van der Waals surface area contributed by atoms with E-state index in [1.54, 1.807) is 30.3 Å². The zero-order valence-electron chi connectivity index (χ0n) is 19.2. The van der Waals surface area contributed by atoms with E-state index in [1.165, 1.54) is 12.1 Å². The van der Waals surface area contributed by atoms with Crippen molar-refractivity contribution in [3.8, 4) is 11.6 Å². The van der Waals surface area contributed by atoms with Crippen LogP contribution < -0.4 is 4.74 Å². The van der Waals surface area contributed by atoms with E-state index >= 15 is 0 Å². The number of aromatic nitrogens is 6. The van der Waals surface area contributed by atoms with E-state index in [-0.39, 0.29) is 5.92 Å². The Morgan fingerprint density at radius 3 is 2.60 bits per heavy atom. The third-order valence-corrected chi connectivity index (χ3v) is 5.99. The SMILES string of the molecule is COc1cc(C=Cc2nc3n(n2)CCCC3c2ccc(C(F)(F)F)cc2)cnc1-n1cnc(C)c1. The number of alkyl halides is 3. The molecule has 0 fully saturated rings. The van der Waals surface area contributed by atoms with E-state index in [0.717, 1.165) is 54.2 Å². The van der Waals surface area contributed by atoms with Gasteiger partial charge < -0.3 is 4.74 Å². The molecule has 1 unspecified atom stereocenters. The van der Waals surface area contributed by atoms with Gasteiger partial charge in [0.15, 0.2) is 17.4 Å². The summed E-state index contributed by atoms with van der Waals surface area (Å²) in [5.41, 5.74) is 1.85. The van der Waals surface area contributed by atoms with Crippen LogP contribution in [0.15, 0.2) is 49.1 Å². The van der Waals surface area contributed by atoms with E-state index in [2.05, 4.69) is 20.1 Å². The van der Waals surface area contributed by atoms with E-state index < -0.39 is 11.7 Å². The maximum absolute atomic E-state index is 12.9. The lowest BCUT2D eigenvalue weighted by Gasteiger charge is -2.22. The van der Waals surface area contributed by atoms with Crippen LogP contribution in [-0.2, 0) is 12.7 Å². The summed E-state index contributed by atoms with van der Waals surface area (Å²) in [6.07, 6.45) is 6.27. The first-order valence-electron chi connectivity index (χ1n) is 11.2. The van der Waals surface area contributed by atoms with Crippen molar-refractivity contribution in [3.05, 3.63) is 83.1 Å². The fourth-order valence-electron chi connectivity index (χ4n) is 4.26. The Morgan fingerprint density at radius 2 is 1.91 bits per heavy atom. The lowest BCUT2D eigenvalue weighted by Crippen LogP contribution is -2.18. The first kappa shape index (κ1) is 22.8. The molecule has 4 heterocycles. The number of nitrogens with zero attached hydrogens (tertiary/aromatic N) is 6. The number of rotatable bonds is 5. The minimum Gasteiger partial charge on any atom is -0.493 e. The van der Waals surface area contributed by atoms with Gasteiger partial charge in [-0.15, -0.1) is 0 Å². The van der Waals surface area contributed by atoms with Crippen molar-refractivity contribution in [1.82, 2.24) is 29.3 Å². The zero-order valence-corrected chi connectivity index (χ0v) is 19.2. The number of hydrogen-bond acceptors (Lipinski definition) is 5. The highest BCUT2D eigenvalue weighted by Crippen LogP contribution is 2.35. The zero-order chi connectivity index (χ0) is 24.6. The Kier molecular flexibility index (Phi) is 5.88. The van der Waals surface area contributed by atoms with Crippen molar-refractivity contribution in [3.63, 3.8) is 0 Å². The number of aryl methyl sites for hydroxylation is 2. The first-order chi connectivity index (χ1) is 16.8. The first-order valence-corrected chi connectivity index (χ1v) is 11.2. The summed E-state index contributed by atoms with van der Waals surface area (Å²) in [7, 11) is 1.59. The smallest absolute Gasteiger partial charge is 0.416 e. The van der Waals surface area contributed by atoms with Gasteiger partial charge in [0.25, 0.3) is 0 Å². The van der Waals surface area contributed by atoms with Crippen LogP contribution in [0.3, 0.4) is 0 Å². The van der Waals surface area contributed by atoms with Crippen LogP contribution in [0.5, 0.6) is 5.75 Å². The molecule has 0 radical (unpaired) electrons. The molecule has 0 amide bonds. The number of methoxy groups -OCH3 is 1. The molecule has 1 aromatic carbocycles. The predicted molar refractivity (Wildman–Crippen MR) is 124 cm³/mol. The molecule has 1 atom stereocenters. The van der Waals surface area contributed by atoms with Crippen LogP contribution in [0, 0.1) is 6.92 Å². The average Bonchev–Trinajstić information content (AvgIpc) is 3.47. The van der Waals surface area contributed by atoms with E-state index in [0.29, 0.717) is 17.4 Å². The number of hydrogen-bond donors (Lipinski definition) is 0. The molecule has 5 rings (SSSR count). The normalized spacial score (nSPS) is 16.0. The molecule has 0 bridgehead atoms. The topological polar surface area (TPSA) is 70.7 Å². The monoisotopic (exact) mass is 480 g/mol. The molecule has 4 aromatic rings. The third-order valence-electron chi connectivity index (χ3n) is 5.99. The highest BCUT2D eigenvalue weighted by molar-refractivity contribution is 5.67.